The predicted octanol–water partition coefficient (Wildman–Crippen LogP) is -0.158. The highest BCUT2D eigenvalue weighted by molar-refractivity contribution is 7.91. The first-order valence-corrected chi connectivity index (χ1v) is 10.1. The molecule has 1 aliphatic rings. The van der Waals surface area contributed by atoms with E-state index in [-0.39, 0.29) is 5.92 Å². The van der Waals surface area contributed by atoms with Gasteiger partial charge in [-0.2, -0.15) is 0 Å². The highest BCUT2D eigenvalue weighted by Gasteiger charge is 2.31. The second kappa shape index (κ2) is 6.07. The number of sulfone groups is 1. The monoisotopic (exact) mass is 313 g/mol. The van der Waals surface area contributed by atoms with Gasteiger partial charge in [-0.05, 0) is 32.1 Å². The first-order valence-electron chi connectivity index (χ1n) is 6.34. The first kappa shape index (κ1) is 16.9. The summed E-state index contributed by atoms with van der Waals surface area (Å²) in [6, 6.07) is 0. The lowest BCUT2D eigenvalue weighted by Gasteiger charge is -2.32. The van der Waals surface area contributed by atoms with Crippen LogP contribution in [-0.2, 0) is 19.9 Å². The number of aliphatic hydroxyl groups excluding tert-OH is 1. The molecule has 0 aromatic rings. The van der Waals surface area contributed by atoms with Crippen molar-refractivity contribution in [1.29, 1.82) is 0 Å². The van der Waals surface area contributed by atoms with Crippen molar-refractivity contribution in [2.75, 3.05) is 25.6 Å². The zero-order valence-electron chi connectivity index (χ0n) is 11.6. The Morgan fingerprint density at radius 1 is 1.26 bits per heavy atom. The largest absolute Gasteiger partial charge is 0.392 e. The Labute approximate surface area is 115 Å². The average Bonchev–Trinajstić information content (AvgIpc) is 2.26. The molecule has 1 N–H and O–H groups in total. The molecule has 0 aromatic heterocycles. The molecule has 0 spiro atoms. The maximum atomic E-state index is 11.5. The second-order valence-corrected chi connectivity index (χ2v) is 9.85. The molecule has 1 fully saturated rings. The summed E-state index contributed by atoms with van der Waals surface area (Å²) in [5.41, 5.74) is 0. The molecular formula is C11H23NO5S2. The van der Waals surface area contributed by atoms with Gasteiger partial charge in [-0.3, -0.25) is 0 Å². The van der Waals surface area contributed by atoms with Crippen LogP contribution in [0.3, 0.4) is 0 Å². The molecule has 0 radical (unpaired) electrons. The first-order chi connectivity index (χ1) is 8.51. The Balaban J connectivity index is 2.63. The summed E-state index contributed by atoms with van der Waals surface area (Å²) in [6.07, 6.45) is 3.21. The predicted molar refractivity (Wildman–Crippen MR) is 74.1 cm³/mol. The lowest BCUT2D eigenvalue weighted by molar-refractivity contribution is 0.121. The van der Waals surface area contributed by atoms with E-state index in [1.165, 1.54) is 17.5 Å². The summed E-state index contributed by atoms with van der Waals surface area (Å²) in [4.78, 5) is 0. The molecule has 0 saturated carbocycles. The van der Waals surface area contributed by atoms with Crippen molar-refractivity contribution in [3.63, 3.8) is 0 Å². The molecule has 1 rings (SSSR count). The number of nitrogens with zero attached hydrogens (tertiary/aromatic N) is 1. The van der Waals surface area contributed by atoms with Gasteiger partial charge in [0, 0.05) is 19.3 Å². The molecule has 3 unspecified atom stereocenters. The molecule has 8 heteroatoms. The van der Waals surface area contributed by atoms with Crippen LogP contribution >= 0.6 is 0 Å². The van der Waals surface area contributed by atoms with E-state index >= 15 is 0 Å². The van der Waals surface area contributed by atoms with Gasteiger partial charge < -0.3 is 5.11 Å². The Kier molecular flexibility index (Phi) is 5.39. The molecule has 1 heterocycles. The molecule has 0 bridgehead atoms. The van der Waals surface area contributed by atoms with Crippen LogP contribution < -0.4 is 0 Å². The Hall–Kier alpha value is -0.180. The van der Waals surface area contributed by atoms with E-state index in [1.807, 2.05) is 0 Å². The molecule has 114 valence electrons. The van der Waals surface area contributed by atoms with Crippen molar-refractivity contribution in [2.45, 2.75) is 37.5 Å². The third kappa shape index (κ3) is 5.02. The highest BCUT2D eigenvalue weighted by atomic mass is 32.2. The van der Waals surface area contributed by atoms with E-state index in [1.54, 1.807) is 0 Å². The van der Waals surface area contributed by atoms with Crippen LogP contribution in [0.2, 0.25) is 0 Å². The average molecular weight is 313 g/mol. The molecule has 3 atom stereocenters. The van der Waals surface area contributed by atoms with Crippen LogP contribution in [0.25, 0.3) is 0 Å². The van der Waals surface area contributed by atoms with E-state index < -0.39 is 31.2 Å². The maximum absolute atomic E-state index is 11.5. The van der Waals surface area contributed by atoms with Gasteiger partial charge in [0.05, 0.1) is 17.6 Å². The standard InChI is InChI=1S/C11H23NO5S2/c1-9(18(2,14)15)11(13)7-10-5-4-6-12(8-10)19(3,16)17/h9-11,13H,4-8H2,1-3H3. The van der Waals surface area contributed by atoms with Crippen molar-refractivity contribution in [2.24, 2.45) is 5.92 Å². The lowest BCUT2D eigenvalue weighted by atomic mass is 9.92. The van der Waals surface area contributed by atoms with Gasteiger partial charge in [0.15, 0.2) is 9.84 Å². The quantitative estimate of drug-likeness (QED) is 0.761. The van der Waals surface area contributed by atoms with Crippen molar-refractivity contribution in [3.8, 4) is 0 Å². The van der Waals surface area contributed by atoms with Gasteiger partial charge in [0.2, 0.25) is 10.0 Å². The van der Waals surface area contributed by atoms with Gasteiger partial charge in [-0.15, -0.1) is 0 Å². The summed E-state index contributed by atoms with van der Waals surface area (Å²) < 4.78 is 47.1. The summed E-state index contributed by atoms with van der Waals surface area (Å²) in [7, 11) is -6.49. The smallest absolute Gasteiger partial charge is 0.211 e. The summed E-state index contributed by atoms with van der Waals surface area (Å²) >= 11 is 0. The van der Waals surface area contributed by atoms with Crippen LogP contribution in [0.4, 0.5) is 0 Å². The lowest BCUT2D eigenvalue weighted by Crippen LogP contribution is -2.41. The molecule has 1 aliphatic heterocycles. The van der Waals surface area contributed by atoms with Crippen molar-refractivity contribution < 1.29 is 21.9 Å². The van der Waals surface area contributed by atoms with E-state index in [2.05, 4.69) is 0 Å². The minimum atomic E-state index is -3.28. The van der Waals surface area contributed by atoms with Crippen LogP contribution in [-0.4, -0.2) is 63.2 Å². The maximum Gasteiger partial charge on any atom is 0.211 e. The number of hydrogen-bond donors (Lipinski definition) is 1. The number of rotatable bonds is 5. The zero-order valence-corrected chi connectivity index (χ0v) is 13.2. The fourth-order valence-corrected chi connectivity index (χ4v) is 3.96. The molecule has 1 saturated heterocycles. The normalized spacial score (nSPS) is 26.0. The van der Waals surface area contributed by atoms with Crippen LogP contribution in [0.15, 0.2) is 0 Å². The summed E-state index contributed by atoms with van der Waals surface area (Å²) in [5, 5.41) is 9.13. The Morgan fingerprint density at radius 3 is 2.32 bits per heavy atom. The van der Waals surface area contributed by atoms with Gasteiger partial charge in [-0.25, -0.2) is 21.1 Å². The third-order valence-electron chi connectivity index (χ3n) is 3.74. The van der Waals surface area contributed by atoms with Crippen molar-refractivity contribution >= 4 is 19.9 Å². The van der Waals surface area contributed by atoms with Gasteiger partial charge in [-0.1, -0.05) is 0 Å². The summed E-state index contributed by atoms with van der Waals surface area (Å²) in [6.45, 7) is 2.36. The fourth-order valence-electron chi connectivity index (χ4n) is 2.34. The van der Waals surface area contributed by atoms with Crippen LogP contribution in [0, 0.1) is 5.92 Å². The zero-order chi connectivity index (χ0) is 14.8. The topological polar surface area (TPSA) is 91.8 Å². The third-order valence-corrected chi connectivity index (χ3v) is 6.68. The van der Waals surface area contributed by atoms with Gasteiger partial charge in [0.1, 0.15) is 0 Å². The van der Waals surface area contributed by atoms with E-state index in [0.717, 1.165) is 19.1 Å². The molecular weight excluding hydrogens is 290 g/mol. The molecule has 0 aromatic carbocycles. The van der Waals surface area contributed by atoms with Crippen LogP contribution in [0.1, 0.15) is 26.2 Å². The minimum Gasteiger partial charge on any atom is -0.392 e. The molecule has 6 nitrogen and oxygen atoms in total. The molecule has 0 aliphatic carbocycles. The van der Waals surface area contributed by atoms with Gasteiger partial charge in [0.25, 0.3) is 0 Å². The van der Waals surface area contributed by atoms with Crippen molar-refractivity contribution in [3.05, 3.63) is 0 Å². The number of sulfonamides is 1. The minimum absolute atomic E-state index is 0.0164. The van der Waals surface area contributed by atoms with E-state index in [0.29, 0.717) is 19.5 Å². The van der Waals surface area contributed by atoms with Gasteiger partial charge >= 0.3 is 0 Å². The molecule has 0 amide bonds. The Morgan fingerprint density at radius 2 is 1.84 bits per heavy atom. The Bertz CT molecular complexity index is 499. The number of hydrogen-bond acceptors (Lipinski definition) is 5. The fraction of sp³-hybridized carbons (Fsp3) is 1.00. The molecule has 19 heavy (non-hydrogen) atoms. The number of aliphatic hydroxyl groups is 1. The summed E-state index contributed by atoms with van der Waals surface area (Å²) in [5.74, 6) is 0.0164. The van der Waals surface area contributed by atoms with Crippen molar-refractivity contribution in [1.82, 2.24) is 4.31 Å². The highest BCUT2D eigenvalue weighted by Crippen LogP contribution is 2.24. The number of piperidine rings is 1. The van der Waals surface area contributed by atoms with E-state index in [9.17, 15) is 21.9 Å². The van der Waals surface area contributed by atoms with Crippen LogP contribution in [0.5, 0.6) is 0 Å². The SMILES string of the molecule is CC(C(O)CC1CCCN(S(C)(=O)=O)C1)S(C)(=O)=O. The van der Waals surface area contributed by atoms with E-state index in [4.69, 9.17) is 0 Å². The second-order valence-electron chi connectivity index (χ2n) is 5.47.